The number of hydrogen-bond donors (Lipinski definition) is 1. The van der Waals surface area contributed by atoms with E-state index in [0.717, 1.165) is 19.3 Å². The van der Waals surface area contributed by atoms with E-state index in [1.165, 1.54) is 64.7 Å². The van der Waals surface area contributed by atoms with Crippen LogP contribution in [0, 0.1) is 5.82 Å². The van der Waals surface area contributed by atoms with Crippen LogP contribution in [0.15, 0.2) is 18.2 Å². The number of rotatable bonds is 17. The smallest absolute Gasteiger partial charge is 0.417 e. The van der Waals surface area contributed by atoms with Crippen LogP contribution < -0.4 is 5.32 Å². The quantitative estimate of drug-likeness (QED) is 0.139. The van der Waals surface area contributed by atoms with Crippen LogP contribution in [0.4, 0.5) is 17.6 Å². The standard InChI is InChI=1S/C26H39F4NO3/c1-3-4-5-6-7-8-9-10-11-12-13-14-15-18-34-25(33)20(2)31-24(32)22-19-21(27)16-17-23(22)26(28,29)30/h16-17,19-20H,3-15,18H2,1-2H3,(H,31,32). The molecule has 1 aromatic carbocycles. The van der Waals surface area contributed by atoms with Crippen LogP contribution >= 0.6 is 0 Å². The molecular formula is C26H39F4NO3. The molecule has 1 aromatic rings. The first-order valence-corrected chi connectivity index (χ1v) is 12.5. The lowest BCUT2D eigenvalue weighted by Gasteiger charge is -2.16. The highest BCUT2D eigenvalue weighted by Gasteiger charge is 2.36. The van der Waals surface area contributed by atoms with E-state index in [2.05, 4.69) is 12.2 Å². The molecule has 34 heavy (non-hydrogen) atoms. The molecule has 0 saturated heterocycles. The summed E-state index contributed by atoms with van der Waals surface area (Å²) in [5.74, 6) is -2.90. The van der Waals surface area contributed by atoms with E-state index in [0.29, 0.717) is 24.6 Å². The fourth-order valence-electron chi connectivity index (χ4n) is 3.70. The van der Waals surface area contributed by atoms with E-state index in [1.807, 2.05) is 0 Å². The largest absolute Gasteiger partial charge is 0.464 e. The van der Waals surface area contributed by atoms with Crippen LogP contribution in [0.25, 0.3) is 0 Å². The van der Waals surface area contributed by atoms with Gasteiger partial charge in [-0.25, -0.2) is 9.18 Å². The van der Waals surface area contributed by atoms with Crippen LogP contribution in [-0.2, 0) is 15.7 Å². The molecule has 0 fully saturated rings. The van der Waals surface area contributed by atoms with Gasteiger partial charge in [-0.05, 0) is 31.5 Å². The number of esters is 1. The molecule has 1 amide bonds. The van der Waals surface area contributed by atoms with Crippen LogP contribution in [0.2, 0.25) is 0 Å². The SMILES string of the molecule is CCCCCCCCCCCCCCCOC(=O)C(C)NC(=O)c1cc(F)ccc1C(F)(F)F. The van der Waals surface area contributed by atoms with E-state index in [9.17, 15) is 27.2 Å². The number of carbonyl (C=O) groups excluding carboxylic acids is 2. The summed E-state index contributed by atoms with van der Waals surface area (Å²) in [6.45, 7) is 3.72. The van der Waals surface area contributed by atoms with Gasteiger partial charge in [-0.2, -0.15) is 13.2 Å². The second-order valence-electron chi connectivity index (χ2n) is 8.79. The first-order valence-electron chi connectivity index (χ1n) is 12.5. The second-order valence-corrected chi connectivity index (χ2v) is 8.79. The van der Waals surface area contributed by atoms with Crippen molar-refractivity contribution in [2.24, 2.45) is 0 Å². The van der Waals surface area contributed by atoms with Gasteiger partial charge in [0, 0.05) is 0 Å². The van der Waals surface area contributed by atoms with Crippen molar-refractivity contribution < 1.29 is 31.9 Å². The molecule has 0 aliphatic rings. The van der Waals surface area contributed by atoms with Crippen molar-refractivity contribution in [1.82, 2.24) is 5.32 Å². The van der Waals surface area contributed by atoms with Crippen molar-refractivity contribution in [2.45, 2.75) is 110 Å². The Balaban J connectivity index is 2.18. The predicted molar refractivity (Wildman–Crippen MR) is 125 cm³/mol. The third-order valence-corrected chi connectivity index (χ3v) is 5.73. The highest BCUT2D eigenvalue weighted by molar-refractivity contribution is 5.98. The van der Waals surface area contributed by atoms with Crippen LogP contribution in [-0.4, -0.2) is 24.5 Å². The van der Waals surface area contributed by atoms with Crippen molar-refractivity contribution >= 4 is 11.9 Å². The molecule has 0 bridgehead atoms. The second kappa shape index (κ2) is 16.5. The van der Waals surface area contributed by atoms with Gasteiger partial charge >= 0.3 is 12.1 Å². The van der Waals surface area contributed by atoms with Gasteiger partial charge in [0.25, 0.3) is 5.91 Å². The van der Waals surface area contributed by atoms with Crippen molar-refractivity contribution in [3.63, 3.8) is 0 Å². The number of nitrogens with one attached hydrogen (secondary N) is 1. The lowest BCUT2D eigenvalue weighted by atomic mass is 10.0. The number of amides is 1. The normalized spacial score (nSPS) is 12.4. The monoisotopic (exact) mass is 489 g/mol. The molecule has 0 aliphatic heterocycles. The lowest BCUT2D eigenvalue weighted by molar-refractivity contribution is -0.145. The van der Waals surface area contributed by atoms with E-state index < -0.39 is 41.0 Å². The summed E-state index contributed by atoms with van der Waals surface area (Å²) in [7, 11) is 0. The lowest BCUT2D eigenvalue weighted by Crippen LogP contribution is -2.40. The van der Waals surface area contributed by atoms with E-state index in [1.54, 1.807) is 0 Å². The van der Waals surface area contributed by atoms with Crippen LogP contribution in [0.3, 0.4) is 0 Å². The Morgan fingerprint density at radius 3 is 1.88 bits per heavy atom. The highest BCUT2D eigenvalue weighted by atomic mass is 19.4. The third kappa shape index (κ3) is 12.4. The average Bonchev–Trinajstić information content (AvgIpc) is 2.78. The zero-order chi connectivity index (χ0) is 25.4. The minimum atomic E-state index is -4.82. The Labute approximate surface area is 200 Å². The van der Waals surface area contributed by atoms with Gasteiger partial charge in [0.05, 0.1) is 17.7 Å². The van der Waals surface area contributed by atoms with Gasteiger partial charge in [-0.15, -0.1) is 0 Å². The van der Waals surface area contributed by atoms with E-state index in [4.69, 9.17) is 4.74 Å². The summed E-state index contributed by atoms with van der Waals surface area (Å²) in [5, 5.41) is 2.16. The Kier molecular flexibility index (Phi) is 14.5. The summed E-state index contributed by atoms with van der Waals surface area (Å²) in [6.07, 6.45) is 10.7. The highest BCUT2D eigenvalue weighted by Crippen LogP contribution is 2.32. The van der Waals surface area contributed by atoms with Crippen LogP contribution in [0.5, 0.6) is 0 Å². The van der Waals surface area contributed by atoms with Gasteiger partial charge in [0.2, 0.25) is 0 Å². The number of benzene rings is 1. The summed E-state index contributed by atoms with van der Waals surface area (Å²) >= 11 is 0. The van der Waals surface area contributed by atoms with Crippen molar-refractivity contribution in [3.05, 3.63) is 35.1 Å². The maximum absolute atomic E-state index is 13.4. The Morgan fingerprint density at radius 2 is 1.38 bits per heavy atom. The predicted octanol–water partition coefficient (Wildman–Crippen LogP) is 7.60. The Bertz CT molecular complexity index is 737. The molecule has 0 saturated carbocycles. The molecule has 0 heterocycles. The van der Waals surface area contributed by atoms with Gasteiger partial charge in [0.15, 0.2) is 0 Å². The number of alkyl halides is 3. The maximum atomic E-state index is 13.4. The number of hydrogen-bond acceptors (Lipinski definition) is 3. The van der Waals surface area contributed by atoms with E-state index >= 15 is 0 Å². The van der Waals surface area contributed by atoms with Crippen molar-refractivity contribution in [1.29, 1.82) is 0 Å². The van der Waals surface area contributed by atoms with Crippen LogP contribution in [0.1, 0.15) is 113 Å². The molecule has 1 unspecified atom stereocenters. The summed E-state index contributed by atoms with van der Waals surface area (Å²) in [5.41, 5.74) is -2.14. The van der Waals surface area contributed by atoms with Gasteiger partial charge in [-0.1, -0.05) is 84.0 Å². The number of carbonyl (C=O) groups is 2. The van der Waals surface area contributed by atoms with Gasteiger partial charge in [-0.3, -0.25) is 4.79 Å². The maximum Gasteiger partial charge on any atom is 0.417 e. The zero-order valence-corrected chi connectivity index (χ0v) is 20.4. The van der Waals surface area contributed by atoms with Gasteiger partial charge in [0.1, 0.15) is 11.9 Å². The minimum Gasteiger partial charge on any atom is -0.464 e. The first kappa shape index (κ1) is 29.9. The third-order valence-electron chi connectivity index (χ3n) is 5.73. The van der Waals surface area contributed by atoms with Gasteiger partial charge < -0.3 is 10.1 Å². The molecule has 8 heteroatoms. The summed E-state index contributed by atoms with van der Waals surface area (Å²) in [6, 6.07) is 0.484. The first-order chi connectivity index (χ1) is 16.2. The molecule has 1 atom stereocenters. The molecule has 1 N–H and O–H groups in total. The molecule has 0 aromatic heterocycles. The number of unbranched alkanes of at least 4 members (excludes halogenated alkanes) is 12. The fourth-order valence-corrected chi connectivity index (χ4v) is 3.70. The molecular weight excluding hydrogens is 450 g/mol. The molecule has 194 valence electrons. The number of ether oxygens (including phenoxy) is 1. The average molecular weight is 490 g/mol. The topological polar surface area (TPSA) is 55.4 Å². The minimum absolute atomic E-state index is 0.185. The summed E-state index contributed by atoms with van der Waals surface area (Å²) < 4.78 is 57.7. The number of halogens is 4. The Hall–Kier alpha value is -2.12. The molecule has 0 spiro atoms. The molecule has 4 nitrogen and oxygen atoms in total. The zero-order valence-electron chi connectivity index (χ0n) is 20.4. The van der Waals surface area contributed by atoms with Crippen molar-refractivity contribution in [2.75, 3.05) is 6.61 Å². The van der Waals surface area contributed by atoms with E-state index in [-0.39, 0.29) is 6.61 Å². The summed E-state index contributed by atoms with van der Waals surface area (Å²) in [4.78, 5) is 24.2. The fraction of sp³-hybridized carbons (Fsp3) is 0.692. The molecule has 1 rings (SSSR count). The molecule has 0 aliphatic carbocycles. The van der Waals surface area contributed by atoms with Crippen molar-refractivity contribution in [3.8, 4) is 0 Å². The molecule has 0 radical (unpaired) electrons. The Morgan fingerprint density at radius 1 is 0.882 bits per heavy atom.